The van der Waals surface area contributed by atoms with E-state index in [-0.39, 0.29) is 0 Å². The highest BCUT2D eigenvalue weighted by atomic mass is 15.2. The quantitative estimate of drug-likeness (QED) is 0.662. The molecular formula is C11H22N2. The van der Waals surface area contributed by atoms with Crippen molar-refractivity contribution in [2.24, 2.45) is 23.0 Å². The predicted molar refractivity (Wildman–Crippen MR) is 55.4 cm³/mol. The summed E-state index contributed by atoms with van der Waals surface area (Å²) in [4.78, 5) is 2.61. The van der Waals surface area contributed by atoms with Crippen LogP contribution in [0.1, 0.15) is 27.7 Å². The summed E-state index contributed by atoms with van der Waals surface area (Å²) < 4.78 is 0. The number of hydrogen-bond donors (Lipinski definition) is 1. The van der Waals surface area contributed by atoms with Gasteiger partial charge in [-0.05, 0) is 24.2 Å². The van der Waals surface area contributed by atoms with Crippen molar-refractivity contribution in [3.8, 4) is 0 Å². The van der Waals surface area contributed by atoms with Gasteiger partial charge in [-0.2, -0.15) is 0 Å². The number of likely N-dealkylation sites (tertiary alicyclic amines) is 1. The second-order valence-corrected chi connectivity index (χ2v) is 5.90. The predicted octanol–water partition coefficient (Wildman–Crippen LogP) is 1.31. The fourth-order valence-corrected chi connectivity index (χ4v) is 2.47. The van der Waals surface area contributed by atoms with Crippen molar-refractivity contribution in [1.82, 2.24) is 4.90 Å². The molecule has 2 aliphatic rings. The lowest BCUT2D eigenvalue weighted by atomic mass is 9.87. The van der Waals surface area contributed by atoms with Gasteiger partial charge >= 0.3 is 0 Å². The van der Waals surface area contributed by atoms with Crippen molar-refractivity contribution in [2.75, 3.05) is 13.1 Å². The molecule has 2 fully saturated rings. The van der Waals surface area contributed by atoms with E-state index in [0.29, 0.717) is 17.5 Å². The number of nitrogens with zero attached hydrogens (tertiary/aromatic N) is 1. The van der Waals surface area contributed by atoms with E-state index in [9.17, 15) is 0 Å². The largest absolute Gasteiger partial charge is 0.327 e. The van der Waals surface area contributed by atoms with E-state index in [4.69, 9.17) is 5.73 Å². The molecule has 2 rings (SSSR count). The van der Waals surface area contributed by atoms with Gasteiger partial charge < -0.3 is 5.73 Å². The van der Waals surface area contributed by atoms with Gasteiger partial charge in [-0.1, -0.05) is 20.8 Å². The summed E-state index contributed by atoms with van der Waals surface area (Å²) >= 11 is 0. The Morgan fingerprint density at radius 3 is 2.08 bits per heavy atom. The van der Waals surface area contributed by atoms with E-state index in [2.05, 4.69) is 32.6 Å². The van der Waals surface area contributed by atoms with E-state index in [0.717, 1.165) is 11.8 Å². The second-order valence-electron chi connectivity index (χ2n) is 5.90. The van der Waals surface area contributed by atoms with Gasteiger partial charge in [-0.15, -0.1) is 0 Å². The molecule has 0 aromatic carbocycles. The maximum absolute atomic E-state index is 5.92. The van der Waals surface area contributed by atoms with E-state index >= 15 is 0 Å². The Balaban J connectivity index is 1.91. The van der Waals surface area contributed by atoms with Crippen LogP contribution in [0.3, 0.4) is 0 Å². The van der Waals surface area contributed by atoms with Crippen LogP contribution in [-0.4, -0.2) is 30.1 Å². The van der Waals surface area contributed by atoms with E-state index in [1.165, 1.54) is 13.1 Å². The number of nitrogens with two attached hydrogens (primary N) is 1. The molecule has 2 N–H and O–H groups in total. The highest BCUT2D eigenvalue weighted by Gasteiger charge is 2.54. The molecule has 1 saturated carbocycles. The third kappa shape index (κ3) is 1.50. The molecule has 0 amide bonds. The normalized spacial score (nSPS) is 41.8. The smallest absolute Gasteiger partial charge is 0.0127 e. The summed E-state index contributed by atoms with van der Waals surface area (Å²) in [5.74, 6) is 1.65. The number of piperidine rings is 1. The lowest BCUT2D eigenvalue weighted by Gasteiger charge is -2.36. The molecule has 0 bridgehead atoms. The third-order valence-electron chi connectivity index (χ3n) is 4.09. The summed E-state index contributed by atoms with van der Waals surface area (Å²) in [6.45, 7) is 11.8. The Hall–Kier alpha value is -0.0800. The zero-order valence-corrected chi connectivity index (χ0v) is 9.25. The van der Waals surface area contributed by atoms with Crippen molar-refractivity contribution in [3.63, 3.8) is 0 Å². The van der Waals surface area contributed by atoms with Crippen LogP contribution in [0.2, 0.25) is 0 Å². The Bertz CT molecular complexity index is 195. The van der Waals surface area contributed by atoms with Crippen LogP contribution in [0.15, 0.2) is 0 Å². The molecular weight excluding hydrogens is 160 g/mol. The van der Waals surface area contributed by atoms with E-state index in [1.807, 2.05) is 0 Å². The fraction of sp³-hybridized carbons (Fsp3) is 1.00. The van der Waals surface area contributed by atoms with Gasteiger partial charge in [-0.3, -0.25) is 4.90 Å². The van der Waals surface area contributed by atoms with Crippen molar-refractivity contribution in [2.45, 2.75) is 39.8 Å². The van der Waals surface area contributed by atoms with Crippen molar-refractivity contribution < 1.29 is 0 Å². The first kappa shape index (κ1) is 9.47. The topological polar surface area (TPSA) is 29.3 Å². The molecule has 1 heterocycles. The maximum Gasteiger partial charge on any atom is 0.0127 e. The van der Waals surface area contributed by atoms with Crippen LogP contribution in [0, 0.1) is 17.3 Å². The van der Waals surface area contributed by atoms with Gasteiger partial charge in [0.15, 0.2) is 0 Å². The lowest BCUT2D eigenvalue weighted by molar-refractivity contribution is 0.125. The Labute approximate surface area is 81.5 Å². The molecule has 0 radical (unpaired) electrons. The zero-order chi connectivity index (χ0) is 9.80. The summed E-state index contributed by atoms with van der Waals surface area (Å²) in [6, 6.07) is 1.22. The Morgan fingerprint density at radius 1 is 1.23 bits per heavy atom. The van der Waals surface area contributed by atoms with Crippen molar-refractivity contribution in [1.29, 1.82) is 0 Å². The fourth-order valence-electron chi connectivity index (χ4n) is 2.47. The molecule has 76 valence electrons. The second kappa shape index (κ2) is 2.71. The number of hydrogen-bond acceptors (Lipinski definition) is 2. The van der Waals surface area contributed by atoms with E-state index in [1.54, 1.807) is 0 Å². The lowest BCUT2D eigenvalue weighted by Crippen LogP contribution is -2.43. The number of rotatable bonds is 1. The molecule has 0 aromatic rings. The molecule has 1 aliphatic carbocycles. The molecule has 1 aliphatic heterocycles. The molecule has 1 saturated heterocycles. The highest BCUT2D eigenvalue weighted by Crippen LogP contribution is 2.45. The minimum absolute atomic E-state index is 0.404. The molecule has 0 spiro atoms. The first-order valence-corrected chi connectivity index (χ1v) is 5.41. The molecule has 13 heavy (non-hydrogen) atoms. The summed E-state index contributed by atoms with van der Waals surface area (Å²) in [6.07, 6.45) is 0. The highest BCUT2D eigenvalue weighted by molar-refractivity contribution is 5.09. The molecule has 3 atom stereocenters. The Kier molecular flexibility index (Phi) is 1.97. The van der Waals surface area contributed by atoms with Crippen LogP contribution in [0.5, 0.6) is 0 Å². The monoisotopic (exact) mass is 182 g/mol. The molecule has 2 heteroatoms. The van der Waals surface area contributed by atoms with E-state index < -0.39 is 0 Å². The van der Waals surface area contributed by atoms with Gasteiger partial charge in [0.25, 0.3) is 0 Å². The summed E-state index contributed by atoms with van der Waals surface area (Å²) in [5, 5.41) is 0. The number of fused-ring (bicyclic) bond motifs is 1. The first-order valence-electron chi connectivity index (χ1n) is 5.41. The van der Waals surface area contributed by atoms with Crippen LogP contribution in [0.25, 0.3) is 0 Å². The SMILES string of the molecule is CC(N1CC2C(N)C2C1)C(C)(C)C. The average molecular weight is 182 g/mol. The van der Waals surface area contributed by atoms with Crippen LogP contribution < -0.4 is 5.73 Å². The minimum atomic E-state index is 0.404. The van der Waals surface area contributed by atoms with Gasteiger partial charge in [0, 0.05) is 25.2 Å². The van der Waals surface area contributed by atoms with Gasteiger partial charge in [0.1, 0.15) is 0 Å². The van der Waals surface area contributed by atoms with Crippen LogP contribution in [-0.2, 0) is 0 Å². The van der Waals surface area contributed by atoms with Crippen LogP contribution >= 0.6 is 0 Å². The van der Waals surface area contributed by atoms with Crippen LogP contribution in [0.4, 0.5) is 0 Å². The molecule has 0 aromatic heterocycles. The van der Waals surface area contributed by atoms with Crippen molar-refractivity contribution in [3.05, 3.63) is 0 Å². The standard InChI is InChI=1S/C11H22N2/c1-7(11(2,3)4)13-5-8-9(6-13)10(8)12/h7-10H,5-6,12H2,1-4H3. The Morgan fingerprint density at radius 2 is 1.69 bits per heavy atom. The van der Waals surface area contributed by atoms with Gasteiger partial charge in [-0.25, -0.2) is 0 Å². The maximum atomic E-state index is 5.92. The van der Waals surface area contributed by atoms with Crippen molar-refractivity contribution >= 4 is 0 Å². The zero-order valence-electron chi connectivity index (χ0n) is 9.25. The third-order valence-corrected chi connectivity index (χ3v) is 4.09. The summed E-state index contributed by atoms with van der Waals surface area (Å²) in [5.41, 5.74) is 6.32. The molecule has 2 nitrogen and oxygen atoms in total. The van der Waals surface area contributed by atoms with Gasteiger partial charge in [0.2, 0.25) is 0 Å². The molecule has 3 unspecified atom stereocenters. The first-order chi connectivity index (χ1) is 5.91. The van der Waals surface area contributed by atoms with Gasteiger partial charge in [0.05, 0.1) is 0 Å². The average Bonchev–Trinajstić information content (AvgIpc) is 2.51. The minimum Gasteiger partial charge on any atom is -0.327 e. The summed E-state index contributed by atoms with van der Waals surface area (Å²) in [7, 11) is 0.